The van der Waals surface area contributed by atoms with Crippen LogP contribution in [0.25, 0.3) is 11.0 Å². The van der Waals surface area contributed by atoms with Crippen molar-refractivity contribution in [1.82, 2.24) is 5.43 Å². The second-order valence-corrected chi connectivity index (χ2v) is 6.61. The van der Waals surface area contributed by atoms with Crippen LogP contribution in [0.4, 0.5) is 0 Å². The summed E-state index contributed by atoms with van der Waals surface area (Å²) in [6.45, 7) is 4.77. The fourth-order valence-corrected chi connectivity index (χ4v) is 3.06. The van der Waals surface area contributed by atoms with Gasteiger partial charge in [-0.25, -0.2) is 5.43 Å². The van der Waals surface area contributed by atoms with Gasteiger partial charge in [0.1, 0.15) is 17.9 Å². The lowest BCUT2D eigenvalue weighted by molar-refractivity contribution is 0.0929. The van der Waals surface area contributed by atoms with Gasteiger partial charge in [-0.3, -0.25) is 4.79 Å². The lowest BCUT2D eigenvalue weighted by Crippen LogP contribution is -2.16. The SMILES string of the molecule is C#CCOc1c(Cl)cc(/C=N/NC(=O)c2cc3cc(OCC)ccc3o2)cc1OCC. The first kappa shape index (κ1) is 22.1. The first-order valence-corrected chi connectivity index (χ1v) is 9.95. The van der Waals surface area contributed by atoms with E-state index in [4.69, 9.17) is 36.7 Å². The van der Waals surface area contributed by atoms with Crippen LogP contribution in [0, 0.1) is 12.3 Å². The standard InChI is InChI=1S/C23H21ClN2O5/c1-4-9-30-22-18(24)10-15(11-20(22)29-6-3)14-25-26-23(27)21-13-16-12-17(28-5-2)7-8-19(16)31-21/h1,7-8,10-14H,5-6,9H2,2-3H3,(H,26,27)/b25-14+. The average molecular weight is 441 g/mol. The Hall–Kier alpha value is -3.63. The highest BCUT2D eigenvalue weighted by Crippen LogP contribution is 2.36. The molecule has 0 bridgehead atoms. The van der Waals surface area contributed by atoms with Crippen LogP contribution in [0.1, 0.15) is 30.0 Å². The Morgan fingerprint density at radius 2 is 2.00 bits per heavy atom. The molecule has 160 valence electrons. The number of hydrazone groups is 1. The number of amides is 1. The molecule has 0 fully saturated rings. The zero-order chi connectivity index (χ0) is 22.2. The number of hydrogen-bond donors (Lipinski definition) is 1. The third-order valence-corrected chi connectivity index (χ3v) is 4.31. The molecular formula is C23H21ClN2O5. The molecule has 8 heteroatoms. The van der Waals surface area contributed by atoms with Crippen molar-refractivity contribution in [2.24, 2.45) is 5.10 Å². The smallest absolute Gasteiger partial charge is 0.307 e. The number of ether oxygens (including phenoxy) is 3. The summed E-state index contributed by atoms with van der Waals surface area (Å²) >= 11 is 6.28. The molecule has 0 aliphatic carbocycles. The van der Waals surface area contributed by atoms with Crippen molar-refractivity contribution in [3.05, 3.63) is 52.7 Å². The molecule has 0 unspecified atom stereocenters. The van der Waals surface area contributed by atoms with Gasteiger partial charge >= 0.3 is 5.91 Å². The van der Waals surface area contributed by atoms with Crippen LogP contribution in [0.15, 0.2) is 45.9 Å². The Balaban J connectivity index is 1.73. The molecule has 0 atom stereocenters. The molecule has 2 aromatic carbocycles. The van der Waals surface area contributed by atoms with Gasteiger partial charge in [0.15, 0.2) is 17.3 Å². The van der Waals surface area contributed by atoms with Crippen molar-refractivity contribution in [2.45, 2.75) is 13.8 Å². The summed E-state index contributed by atoms with van der Waals surface area (Å²) in [7, 11) is 0. The molecule has 3 aromatic rings. The molecule has 0 saturated carbocycles. The van der Waals surface area contributed by atoms with Crippen LogP contribution in [0.5, 0.6) is 17.2 Å². The maximum Gasteiger partial charge on any atom is 0.307 e. The van der Waals surface area contributed by atoms with Crippen molar-refractivity contribution in [3.8, 4) is 29.6 Å². The normalized spacial score (nSPS) is 10.8. The second-order valence-electron chi connectivity index (χ2n) is 6.20. The van der Waals surface area contributed by atoms with Gasteiger partial charge in [-0.2, -0.15) is 5.10 Å². The van der Waals surface area contributed by atoms with Crippen LogP contribution in [0.2, 0.25) is 5.02 Å². The van der Waals surface area contributed by atoms with Crippen molar-refractivity contribution in [1.29, 1.82) is 0 Å². The van der Waals surface area contributed by atoms with Crippen molar-refractivity contribution in [2.75, 3.05) is 19.8 Å². The fourth-order valence-electron chi connectivity index (χ4n) is 2.79. The number of furan rings is 1. The molecule has 1 N–H and O–H groups in total. The molecule has 1 aromatic heterocycles. The van der Waals surface area contributed by atoms with E-state index < -0.39 is 5.91 Å². The van der Waals surface area contributed by atoms with Gasteiger partial charge in [-0.05, 0) is 55.8 Å². The lowest BCUT2D eigenvalue weighted by atomic mass is 10.2. The number of hydrogen-bond acceptors (Lipinski definition) is 6. The number of halogens is 1. The molecule has 0 aliphatic rings. The number of nitrogens with zero attached hydrogens (tertiary/aromatic N) is 1. The van der Waals surface area contributed by atoms with Crippen molar-refractivity contribution >= 4 is 34.7 Å². The minimum Gasteiger partial charge on any atom is -0.494 e. The van der Waals surface area contributed by atoms with E-state index in [0.717, 1.165) is 5.39 Å². The second kappa shape index (κ2) is 10.4. The number of carbonyl (C=O) groups is 1. The minimum atomic E-state index is -0.490. The zero-order valence-corrected chi connectivity index (χ0v) is 17.9. The van der Waals surface area contributed by atoms with Gasteiger partial charge < -0.3 is 18.6 Å². The number of carbonyl (C=O) groups excluding carboxylic acids is 1. The number of fused-ring (bicyclic) bond motifs is 1. The summed E-state index contributed by atoms with van der Waals surface area (Å²) in [6, 6.07) is 10.3. The Kier molecular flexibility index (Phi) is 7.41. The number of benzene rings is 2. The third-order valence-electron chi connectivity index (χ3n) is 4.03. The molecule has 0 aliphatic heterocycles. The van der Waals surface area contributed by atoms with Gasteiger partial charge in [0.25, 0.3) is 0 Å². The molecule has 1 amide bonds. The maximum absolute atomic E-state index is 12.4. The van der Waals surface area contributed by atoms with Crippen molar-refractivity contribution < 1.29 is 23.4 Å². The van der Waals surface area contributed by atoms with Crippen LogP contribution in [0.3, 0.4) is 0 Å². The summed E-state index contributed by atoms with van der Waals surface area (Å²) in [5, 5.41) is 5.05. The number of terminal acetylenes is 1. The Morgan fingerprint density at radius 1 is 1.19 bits per heavy atom. The monoisotopic (exact) mass is 440 g/mol. The van der Waals surface area contributed by atoms with Crippen molar-refractivity contribution in [3.63, 3.8) is 0 Å². The van der Waals surface area contributed by atoms with Gasteiger partial charge in [0.05, 0.1) is 24.5 Å². The van der Waals surface area contributed by atoms with E-state index in [1.807, 2.05) is 19.9 Å². The summed E-state index contributed by atoms with van der Waals surface area (Å²) in [6.07, 6.45) is 6.67. The van der Waals surface area contributed by atoms with Gasteiger partial charge in [-0.1, -0.05) is 17.5 Å². The first-order chi connectivity index (χ1) is 15.0. The summed E-state index contributed by atoms with van der Waals surface area (Å²) < 4.78 is 22.0. The summed E-state index contributed by atoms with van der Waals surface area (Å²) in [5.41, 5.74) is 3.61. The van der Waals surface area contributed by atoms with Crippen LogP contribution in [-0.4, -0.2) is 31.9 Å². The number of rotatable bonds is 9. The predicted octanol–water partition coefficient (Wildman–Crippen LogP) is 4.66. The van der Waals surface area contributed by atoms with E-state index in [1.54, 1.807) is 30.3 Å². The molecule has 3 rings (SSSR count). The molecule has 7 nitrogen and oxygen atoms in total. The summed E-state index contributed by atoms with van der Waals surface area (Å²) in [4.78, 5) is 12.4. The largest absolute Gasteiger partial charge is 0.494 e. The topological polar surface area (TPSA) is 82.3 Å². The van der Waals surface area contributed by atoms with E-state index in [9.17, 15) is 4.79 Å². The molecule has 1 heterocycles. The van der Waals surface area contributed by atoms with E-state index >= 15 is 0 Å². The lowest BCUT2D eigenvalue weighted by Gasteiger charge is -2.12. The van der Waals surface area contributed by atoms with Crippen LogP contribution >= 0.6 is 11.6 Å². The number of nitrogens with one attached hydrogen (secondary N) is 1. The quantitative estimate of drug-likeness (QED) is 0.297. The van der Waals surface area contributed by atoms with E-state index in [-0.39, 0.29) is 12.4 Å². The van der Waals surface area contributed by atoms with E-state index in [2.05, 4.69) is 16.4 Å². The fraction of sp³-hybridized carbons (Fsp3) is 0.217. The molecule has 0 radical (unpaired) electrons. The van der Waals surface area contributed by atoms with Gasteiger partial charge in [0, 0.05) is 5.39 Å². The highest BCUT2D eigenvalue weighted by molar-refractivity contribution is 6.32. The van der Waals surface area contributed by atoms with Gasteiger partial charge in [-0.15, -0.1) is 6.42 Å². The Morgan fingerprint density at radius 3 is 2.74 bits per heavy atom. The Bertz CT molecular complexity index is 1150. The van der Waals surface area contributed by atoms with Crippen LogP contribution < -0.4 is 19.6 Å². The molecule has 31 heavy (non-hydrogen) atoms. The van der Waals surface area contributed by atoms with Gasteiger partial charge in [0.2, 0.25) is 0 Å². The van der Waals surface area contributed by atoms with E-state index in [0.29, 0.717) is 46.6 Å². The minimum absolute atomic E-state index is 0.0624. The highest BCUT2D eigenvalue weighted by atomic mass is 35.5. The average Bonchev–Trinajstić information content (AvgIpc) is 3.17. The third kappa shape index (κ3) is 5.50. The van der Waals surface area contributed by atoms with E-state index in [1.165, 1.54) is 6.21 Å². The zero-order valence-electron chi connectivity index (χ0n) is 17.1. The highest BCUT2D eigenvalue weighted by Gasteiger charge is 2.14. The summed E-state index contributed by atoms with van der Waals surface area (Å²) in [5.74, 6) is 3.52. The molecule has 0 saturated heterocycles. The Labute approximate surface area is 184 Å². The maximum atomic E-state index is 12.4. The molecule has 0 spiro atoms. The predicted molar refractivity (Wildman–Crippen MR) is 119 cm³/mol. The first-order valence-electron chi connectivity index (χ1n) is 9.58. The molecular weight excluding hydrogens is 420 g/mol. The van der Waals surface area contributed by atoms with Crippen LogP contribution in [-0.2, 0) is 0 Å².